The van der Waals surface area contributed by atoms with E-state index in [4.69, 9.17) is 0 Å². The first-order valence-corrected chi connectivity index (χ1v) is 8.74. The first kappa shape index (κ1) is 14.5. The molecule has 0 amide bonds. The minimum atomic E-state index is 0.425. The van der Waals surface area contributed by atoms with E-state index in [1.165, 1.54) is 4.73 Å². The lowest BCUT2D eigenvalue weighted by Gasteiger charge is -2.29. The molecule has 0 saturated carbocycles. The van der Waals surface area contributed by atoms with Gasteiger partial charge in [0.05, 0.1) is 12.5 Å². The van der Waals surface area contributed by atoms with Gasteiger partial charge in [-0.15, -0.1) is 0 Å². The van der Waals surface area contributed by atoms with Gasteiger partial charge in [0.1, 0.15) is 15.4 Å². The molecule has 3 aromatic rings. The molecule has 0 aromatic carbocycles. The molecule has 118 valence electrons. The molecule has 4 heterocycles. The topological polar surface area (TPSA) is 53.1 Å². The molecule has 23 heavy (non-hydrogen) atoms. The van der Waals surface area contributed by atoms with Crippen LogP contribution in [0.5, 0.6) is 0 Å². The molecule has 0 spiro atoms. The Morgan fingerprint density at radius 2 is 2.09 bits per heavy atom. The van der Waals surface area contributed by atoms with Gasteiger partial charge in [0, 0.05) is 23.1 Å². The maximum atomic E-state index is 9.93. The van der Waals surface area contributed by atoms with E-state index in [0.29, 0.717) is 5.92 Å². The molecule has 0 bridgehead atoms. The number of aromatic nitrogens is 3. The number of piperidine rings is 1. The van der Waals surface area contributed by atoms with Crippen LogP contribution < -0.4 is 4.73 Å². The standard InChI is InChI=1S/C17H19N4OS/c22-21-9-2-1-5-15(21)13-6-10-20(11-7-13)12-16-19-14-4-3-8-18-17(14)23-16/h1-5,8-9,13,22H,6-7,10-12H2/q+1. The lowest BCUT2D eigenvalue weighted by atomic mass is 9.93. The fourth-order valence-electron chi connectivity index (χ4n) is 3.23. The van der Waals surface area contributed by atoms with Gasteiger partial charge in [-0.05, 0) is 44.1 Å². The predicted octanol–water partition coefficient (Wildman–Crippen LogP) is 2.60. The van der Waals surface area contributed by atoms with Gasteiger partial charge in [0.2, 0.25) is 11.9 Å². The van der Waals surface area contributed by atoms with Gasteiger partial charge < -0.3 is 0 Å². The average molecular weight is 327 g/mol. The summed E-state index contributed by atoms with van der Waals surface area (Å²) in [6.45, 7) is 2.95. The number of nitrogens with zero attached hydrogens (tertiary/aromatic N) is 4. The highest BCUT2D eigenvalue weighted by atomic mass is 32.1. The van der Waals surface area contributed by atoms with E-state index in [-0.39, 0.29) is 0 Å². The third-order valence-electron chi connectivity index (χ3n) is 4.45. The van der Waals surface area contributed by atoms with Crippen LogP contribution in [0.2, 0.25) is 0 Å². The largest absolute Gasteiger partial charge is 0.297 e. The van der Waals surface area contributed by atoms with Crippen LogP contribution in [0.4, 0.5) is 0 Å². The van der Waals surface area contributed by atoms with E-state index >= 15 is 0 Å². The Morgan fingerprint density at radius 3 is 2.87 bits per heavy atom. The van der Waals surface area contributed by atoms with Crippen LogP contribution in [0.15, 0.2) is 42.7 Å². The van der Waals surface area contributed by atoms with Crippen LogP contribution in [0, 0.1) is 0 Å². The lowest BCUT2D eigenvalue weighted by molar-refractivity contribution is -0.910. The summed E-state index contributed by atoms with van der Waals surface area (Å²) in [5.74, 6) is 0.425. The molecule has 0 radical (unpaired) electrons. The number of thiazole rings is 1. The van der Waals surface area contributed by atoms with E-state index in [2.05, 4.69) is 14.9 Å². The summed E-state index contributed by atoms with van der Waals surface area (Å²) in [7, 11) is 0. The molecule has 1 saturated heterocycles. The maximum Gasteiger partial charge on any atom is 0.237 e. The number of likely N-dealkylation sites (tertiary alicyclic amines) is 1. The Kier molecular flexibility index (Phi) is 3.93. The molecule has 3 aromatic heterocycles. The monoisotopic (exact) mass is 327 g/mol. The Hall–Kier alpha value is -2.05. The van der Waals surface area contributed by atoms with Crippen molar-refractivity contribution in [1.82, 2.24) is 14.9 Å². The number of rotatable bonds is 3. The number of hydrogen-bond acceptors (Lipinski definition) is 5. The Bertz CT molecular complexity index is 778. The SMILES string of the molecule is O[n+]1ccccc1C1CCN(Cc2nc3cccnc3s2)CC1. The third kappa shape index (κ3) is 3.04. The first-order valence-electron chi connectivity index (χ1n) is 7.92. The van der Waals surface area contributed by atoms with Crippen molar-refractivity contribution in [3.63, 3.8) is 0 Å². The van der Waals surface area contributed by atoms with Crippen LogP contribution in [0.3, 0.4) is 0 Å². The van der Waals surface area contributed by atoms with Crippen LogP contribution in [-0.4, -0.2) is 33.2 Å². The molecule has 4 rings (SSSR count). The second-order valence-electron chi connectivity index (χ2n) is 5.96. The number of hydrogen-bond donors (Lipinski definition) is 1. The summed E-state index contributed by atoms with van der Waals surface area (Å²) in [5.41, 5.74) is 2.00. The lowest BCUT2D eigenvalue weighted by Crippen LogP contribution is -2.40. The van der Waals surface area contributed by atoms with Crippen LogP contribution >= 0.6 is 11.3 Å². The fourth-order valence-corrected chi connectivity index (χ4v) is 4.18. The van der Waals surface area contributed by atoms with E-state index < -0.39 is 0 Å². The van der Waals surface area contributed by atoms with Crippen molar-refractivity contribution in [3.05, 3.63) is 53.4 Å². The molecule has 1 aliphatic rings. The van der Waals surface area contributed by atoms with Crippen LogP contribution in [0.1, 0.15) is 29.5 Å². The quantitative estimate of drug-likeness (QED) is 0.593. The molecule has 1 N–H and O–H groups in total. The summed E-state index contributed by atoms with van der Waals surface area (Å²) in [6.07, 6.45) is 5.65. The highest BCUT2D eigenvalue weighted by molar-refractivity contribution is 7.18. The van der Waals surface area contributed by atoms with Crippen molar-refractivity contribution < 1.29 is 9.94 Å². The van der Waals surface area contributed by atoms with E-state index in [0.717, 1.165) is 53.5 Å². The van der Waals surface area contributed by atoms with Crippen molar-refractivity contribution >= 4 is 21.7 Å². The number of pyridine rings is 2. The smallest absolute Gasteiger partial charge is 0.237 e. The number of fused-ring (bicyclic) bond motifs is 1. The van der Waals surface area contributed by atoms with Gasteiger partial charge in [-0.2, -0.15) is 0 Å². The Labute approximate surface area is 138 Å². The third-order valence-corrected chi connectivity index (χ3v) is 5.41. The molecule has 0 unspecified atom stereocenters. The Morgan fingerprint density at radius 1 is 1.22 bits per heavy atom. The zero-order valence-electron chi connectivity index (χ0n) is 12.8. The molecule has 5 nitrogen and oxygen atoms in total. The molecule has 1 fully saturated rings. The molecular weight excluding hydrogens is 308 g/mol. The second kappa shape index (κ2) is 6.22. The van der Waals surface area contributed by atoms with Gasteiger partial charge in [0.15, 0.2) is 0 Å². The molecule has 1 aliphatic heterocycles. The van der Waals surface area contributed by atoms with E-state index in [1.807, 2.05) is 36.5 Å². The summed E-state index contributed by atoms with van der Waals surface area (Å²) >= 11 is 1.68. The fraction of sp³-hybridized carbons (Fsp3) is 0.353. The van der Waals surface area contributed by atoms with Crippen LogP contribution in [-0.2, 0) is 6.54 Å². The van der Waals surface area contributed by atoms with Crippen molar-refractivity contribution in [3.8, 4) is 0 Å². The van der Waals surface area contributed by atoms with E-state index in [9.17, 15) is 5.21 Å². The summed E-state index contributed by atoms with van der Waals surface area (Å²) in [4.78, 5) is 12.5. The van der Waals surface area contributed by atoms with Gasteiger partial charge in [0.25, 0.3) is 0 Å². The van der Waals surface area contributed by atoms with Crippen molar-refractivity contribution in [2.24, 2.45) is 0 Å². The summed E-state index contributed by atoms with van der Waals surface area (Å²) < 4.78 is 1.26. The normalized spacial score (nSPS) is 16.9. The highest BCUT2D eigenvalue weighted by Gasteiger charge is 2.27. The van der Waals surface area contributed by atoms with Crippen molar-refractivity contribution in [2.75, 3.05) is 13.1 Å². The minimum absolute atomic E-state index is 0.425. The zero-order chi connectivity index (χ0) is 15.6. The van der Waals surface area contributed by atoms with Crippen molar-refractivity contribution in [2.45, 2.75) is 25.3 Å². The predicted molar refractivity (Wildman–Crippen MR) is 88.5 cm³/mol. The molecule has 6 heteroatoms. The summed E-state index contributed by atoms with van der Waals surface area (Å²) in [6, 6.07) is 9.80. The van der Waals surface area contributed by atoms with Gasteiger partial charge in [-0.3, -0.25) is 10.1 Å². The second-order valence-corrected chi connectivity index (χ2v) is 7.02. The molecule has 0 aliphatic carbocycles. The minimum Gasteiger partial charge on any atom is -0.297 e. The Balaban J connectivity index is 1.41. The van der Waals surface area contributed by atoms with Crippen molar-refractivity contribution in [1.29, 1.82) is 0 Å². The first-order chi connectivity index (χ1) is 11.3. The van der Waals surface area contributed by atoms with E-state index in [1.54, 1.807) is 17.5 Å². The van der Waals surface area contributed by atoms with Gasteiger partial charge in [-0.25, -0.2) is 9.97 Å². The summed E-state index contributed by atoms with van der Waals surface area (Å²) in [5, 5.41) is 11.1. The zero-order valence-corrected chi connectivity index (χ0v) is 13.6. The van der Waals surface area contributed by atoms with Crippen LogP contribution in [0.25, 0.3) is 10.3 Å². The van der Waals surface area contributed by atoms with Gasteiger partial charge in [-0.1, -0.05) is 11.3 Å². The molecule has 0 atom stereocenters. The highest BCUT2D eigenvalue weighted by Crippen LogP contribution is 2.27. The average Bonchev–Trinajstić information content (AvgIpc) is 2.98. The van der Waals surface area contributed by atoms with Gasteiger partial charge >= 0.3 is 0 Å². The maximum absolute atomic E-state index is 9.93. The molecular formula is C17H19N4OS+.